The van der Waals surface area contributed by atoms with E-state index in [4.69, 9.17) is 0 Å². The number of hydrogen-bond acceptors (Lipinski definition) is 1. The molecule has 4 nitrogen and oxygen atoms in total. The third-order valence-corrected chi connectivity index (χ3v) is 8.73. The van der Waals surface area contributed by atoms with Crippen molar-refractivity contribution in [2.45, 2.75) is 39.9 Å². The smallest absolute Gasteiger partial charge is 0.270 e. The van der Waals surface area contributed by atoms with Gasteiger partial charge in [0.15, 0.2) is 0 Å². The Morgan fingerprint density at radius 2 is 1.42 bits per heavy atom. The van der Waals surface area contributed by atoms with E-state index >= 15 is 0 Å². The number of benzene rings is 2. The fourth-order valence-electron chi connectivity index (χ4n) is 3.83. The van der Waals surface area contributed by atoms with Crippen LogP contribution in [0.3, 0.4) is 0 Å². The van der Waals surface area contributed by atoms with Crippen molar-refractivity contribution < 1.29 is 4.57 Å². The van der Waals surface area contributed by atoms with Gasteiger partial charge in [0.05, 0.1) is 0 Å². The summed E-state index contributed by atoms with van der Waals surface area (Å²) in [5, 5.41) is 0. The van der Waals surface area contributed by atoms with Crippen LogP contribution >= 0.6 is 7.59 Å². The molecule has 1 aliphatic heterocycles. The van der Waals surface area contributed by atoms with Gasteiger partial charge in [0.25, 0.3) is 7.59 Å². The average Bonchev–Trinajstić information content (AvgIpc) is 2.89. The van der Waals surface area contributed by atoms with Crippen LogP contribution in [0.2, 0.25) is 0 Å². The van der Waals surface area contributed by atoms with E-state index in [1.165, 1.54) is 11.1 Å². The van der Waals surface area contributed by atoms with Gasteiger partial charge in [-0.15, -0.1) is 0 Å². The molecular weight excluding hydrogens is 341 g/mol. The maximum Gasteiger partial charge on any atom is 0.287 e. The summed E-state index contributed by atoms with van der Waals surface area (Å²) in [6, 6.07) is 21.0. The summed E-state index contributed by atoms with van der Waals surface area (Å²) in [4.78, 5) is 0. The molecule has 0 radical (unpaired) electrons. The van der Waals surface area contributed by atoms with Crippen LogP contribution in [-0.4, -0.2) is 39.7 Å². The molecule has 1 fully saturated rings. The van der Waals surface area contributed by atoms with E-state index in [-0.39, 0.29) is 6.04 Å². The second-order valence-electron chi connectivity index (χ2n) is 6.92. The second-order valence-corrected chi connectivity index (χ2v) is 9.59. The molecule has 0 aliphatic carbocycles. The largest absolute Gasteiger partial charge is 0.287 e. The molecule has 0 unspecified atom stereocenters. The van der Waals surface area contributed by atoms with Gasteiger partial charge in [-0.3, -0.25) is 4.57 Å². The van der Waals surface area contributed by atoms with Crippen LogP contribution < -0.4 is 0 Å². The van der Waals surface area contributed by atoms with Crippen LogP contribution in [-0.2, 0) is 17.7 Å². The molecular formula is C21H30N3OP. The van der Waals surface area contributed by atoms with Gasteiger partial charge in [-0.05, 0) is 18.1 Å². The van der Waals surface area contributed by atoms with Crippen LogP contribution in [0.15, 0.2) is 60.7 Å². The highest BCUT2D eigenvalue weighted by atomic mass is 31.2. The molecule has 26 heavy (non-hydrogen) atoms. The SMILES string of the molecule is CCN(CC)[P@@]1(=O)N(Cc2ccccc2)C[C@H](C)N1Cc1ccccc1. The highest BCUT2D eigenvalue weighted by Crippen LogP contribution is 2.62. The first kappa shape index (κ1) is 19.3. The van der Waals surface area contributed by atoms with Crippen molar-refractivity contribution in [3.63, 3.8) is 0 Å². The predicted octanol–water partition coefficient (Wildman–Crippen LogP) is 4.84. The molecule has 0 amide bonds. The Morgan fingerprint density at radius 3 is 1.92 bits per heavy atom. The van der Waals surface area contributed by atoms with Gasteiger partial charge in [-0.1, -0.05) is 74.5 Å². The van der Waals surface area contributed by atoms with E-state index in [9.17, 15) is 4.57 Å². The minimum atomic E-state index is -2.79. The van der Waals surface area contributed by atoms with E-state index in [0.717, 1.165) is 32.7 Å². The zero-order valence-corrected chi connectivity index (χ0v) is 17.0. The summed E-state index contributed by atoms with van der Waals surface area (Å²) < 4.78 is 21.0. The fraction of sp³-hybridized carbons (Fsp3) is 0.429. The lowest BCUT2D eigenvalue weighted by Gasteiger charge is -2.38. The zero-order valence-electron chi connectivity index (χ0n) is 16.1. The quantitative estimate of drug-likeness (QED) is 0.651. The number of nitrogens with zero attached hydrogens (tertiary/aromatic N) is 3. The van der Waals surface area contributed by atoms with Gasteiger partial charge >= 0.3 is 0 Å². The molecule has 1 saturated heterocycles. The Kier molecular flexibility index (Phi) is 6.31. The minimum absolute atomic E-state index is 0.255. The van der Waals surface area contributed by atoms with Crippen LogP contribution in [0.1, 0.15) is 31.9 Å². The lowest BCUT2D eigenvalue weighted by molar-refractivity contribution is 0.320. The summed E-state index contributed by atoms with van der Waals surface area (Å²) in [5.74, 6) is 0. The third-order valence-electron chi connectivity index (χ3n) is 5.18. The maximum absolute atomic E-state index is 14.4. The highest BCUT2D eigenvalue weighted by molar-refractivity contribution is 7.56. The summed E-state index contributed by atoms with van der Waals surface area (Å²) in [7, 11) is -2.79. The molecule has 1 aliphatic rings. The summed E-state index contributed by atoms with van der Waals surface area (Å²) in [6.07, 6.45) is 0. The predicted molar refractivity (Wildman–Crippen MR) is 109 cm³/mol. The Labute approximate surface area is 158 Å². The first-order chi connectivity index (χ1) is 12.6. The average molecular weight is 371 g/mol. The minimum Gasteiger partial charge on any atom is -0.270 e. The van der Waals surface area contributed by atoms with Crippen molar-refractivity contribution >= 4 is 7.59 Å². The molecule has 5 heteroatoms. The number of rotatable bonds is 7. The van der Waals surface area contributed by atoms with Crippen LogP contribution in [0.4, 0.5) is 0 Å². The topological polar surface area (TPSA) is 26.8 Å². The monoisotopic (exact) mass is 371 g/mol. The molecule has 3 rings (SSSR count). The van der Waals surface area contributed by atoms with E-state index in [1.54, 1.807) is 0 Å². The number of hydrogen-bond donors (Lipinski definition) is 0. The van der Waals surface area contributed by atoms with Crippen LogP contribution in [0.25, 0.3) is 0 Å². The van der Waals surface area contributed by atoms with Crippen LogP contribution in [0, 0.1) is 0 Å². The molecule has 2 aromatic rings. The molecule has 2 atom stereocenters. The zero-order chi connectivity index (χ0) is 18.6. The third kappa shape index (κ3) is 3.79. The molecule has 0 aromatic heterocycles. The molecule has 2 aromatic carbocycles. The lowest BCUT2D eigenvalue weighted by atomic mass is 10.2. The first-order valence-electron chi connectivity index (χ1n) is 9.55. The first-order valence-corrected chi connectivity index (χ1v) is 11.1. The van der Waals surface area contributed by atoms with Crippen LogP contribution in [0.5, 0.6) is 0 Å². The Hall–Kier alpha value is -1.45. The molecule has 0 saturated carbocycles. The second kappa shape index (κ2) is 8.49. The van der Waals surface area contributed by atoms with E-state index in [2.05, 4.69) is 83.3 Å². The van der Waals surface area contributed by atoms with Gasteiger partial charge in [0, 0.05) is 38.8 Å². The highest BCUT2D eigenvalue weighted by Gasteiger charge is 2.49. The normalized spacial score (nSPS) is 24.4. The van der Waals surface area contributed by atoms with E-state index in [0.29, 0.717) is 0 Å². The van der Waals surface area contributed by atoms with Crippen molar-refractivity contribution in [1.29, 1.82) is 0 Å². The lowest BCUT2D eigenvalue weighted by Crippen LogP contribution is -2.34. The Morgan fingerprint density at radius 1 is 0.923 bits per heavy atom. The molecule has 0 N–H and O–H groups in total. The van der Waals surface area contributed by atoms with Crippen molar-refractivity contribution in [2.24, 2.45) is 0 Å². The summed E-state index contributed by atoms with van der Waals surface area (Å²) in [5.41, 5.74) is 2.43. The van der Waals surface area contributed by atoms with Crippen molar-refractivity contribution in [3.8, 4) is 0 Å². The summed E-state index contributed by atoms with van der Waals surface area (Å²) in [6.45, 7) is 10.3. The Bertz CT molecular complexity index is 733. The van der Waals surface area contributed by atoms with Crippen molar-refractivity contribution in [2.75, 3.05) is 19.6 Å². The summed E-state index contributed by atoms with van der Waals surface area (Å²) >= 11 is 0. The Balaban J connectivity index is 1.93. The maximum atomic E-state index is 14.4. The molecule has 1 heterocycles. The van der Waals surface area contributed by atoms with Crippen molar-refractivity contribution in [3.05, 3.63) is 71.8 Å². The fourth-order valence-corrected chi connectivity index (χ4v) is 7.30. The standard InChI is InChI=1S/C21H30N3OP/c1-4-22(5-2)26(25)23(17-20-12-8-6-9-13-20)16-19(3)24(26)18-21-14-10-7-11-15-21/h6-15,19H,4-5,16-18H2,1-3H3/t19-,26+/m0/s1. The van der Waals surface area contributed by atoms with E-state index in [1.807, 2.05) is 12.1 Å². The van der Waals surface area contributed by atoms with Gasteiger partial charge in [0.2, 0.25) is 0 Å². The van der Waals surface area contributed by atoms with Gasteiger partial charge in [-0.2, -0.15) is 0 Å². The van der Waals surface area contributed by atoms with Gasteiger partial charge in [-0.25, -0.2) is 14.0 Å². The molecule has 140 valence electrons. The molecule has 0 spiro atoms. The van der Waals surface area contributed by atoms with Gasteiger partial charge < -0.3 is 0 Å². The van der Waals surface area contributed by atoms with Gasteiger partial charge in [0.1, 0.15) is 0 Å². The van der Waals surface area contributed by atoms with E-state index < -0.39 is 7.59 Å². The van der Waals surface area contributed by atoms with Crippen molar-refractivity contribution in [1.82, 2.24) is 14.0 Å². The molecule has 0 bridgehead atoms.